The van der Waals surface area contributed by atoms with Gasteiger partial charge in [-0.05, 0) is 67.4 Å². The van der Waals surface area contributed by atoms with Crippen molar-refractivity contribution in [1.29, 1.82) is 0 Å². The van der Waals surface area contributed by atoms with Gasteiger partial charge < -0.3 is 5.32 Å². The number of rotatable bonds is 7. The van der Waals surface area contributed by atoms with E-state index in [9.17, 15) is 30.8 Å². The fourth-order valence-corrected chi connectivity index (χ4v) is 6.17. The number of carbonyl (C=O) groups excluding carboxylic acids is 1. The zero-order valence-corrected chi connectivity index (χ0v) is 22.2. The first-order valence-corrected chi connectivity index (χ1v) is 14.0. The molecule has 0 aliphatic carbocycles. The molecule has 8 nitrogen and oxygen atoms in total. The number of nitrogens with one attached hydrogen (secondary N) is 1. The molecule has 3 heterocycles. The Labute approximate surface area is 233 Å². The largest absolute Gasteiger partial charge is 0.416 e. The highest BCUT2D eigenvalue weighted by atomic mass is 32.2. The van der Waals surface area contributed by atoms with E-state index in [1.54, 1.807) is 24.4 Å². The summed E-state index contributed by atoms with van der Waals surface area (Å²) in [6.07, 6.45) is -0.621. The molecule has 4 aromatic rings. The summed E-state index contributed by atoms with van der Waals surface area (Å²) >= 11 is 0. The van der Waals surface area contributed by atoms with E-state index in [0.29, 0.717) is 35.4 Å². The number of pyridine rings is 1. The van der Waals surface area contributed by atoms with Crippen molar-refractivity contribution in [3.8, 4) is 22.6 Å². The first-order chi connectivity index (χ1) is 19.5. The van der Waals surface area contributed by atoms with Crippen molar-refractivity contribution in [3.63, 3.8) is 0 Å². The molecular weight excluding hydrogens is 562 g/mol. The van der Waals surface area contributed by atoms with E-state index in [2.05, 4.69) is 20.3 Å². The molecule has 5 rings (SSSR count). The van der Waals surface area contributed by atoms with Crippen LogP contribution in [0.2, 0.25) is 0 Å². The molecule has 2 aromatic heterocycles. The zero-order valence-electron chi connectivity index (χ0n) is 21.3. The molecule has 1 saturated heterocycles. The lowest BCUT2D eigenvalue weighted by Crippen LogP contribution is -2.45. The Kier molecular flexibility index (Phi) is 7.82. The monoisotopic (exact) mass is 585 g/mol. The van der Waals surface area contributed by atoms with Crippen molar-refractivity contribution < 1.29 is 30.8 Å². The summed E-state index contributed by atoms with van der Waals surface area (Å²) < 4.78 is 79.9. The van der Waals surface area contributed by atoms with Gasteiger partial charge in [0.25, 0.3) is 0 Å². The van der Waals surface area contributed by atoms with E-state index in [4.69, 9.17) is 0 Å². The smallest absolute Gasteiger partial charge is 0.349 e. The summed E-state index contributed by atoms with van der Waals surface area (Å²) in [7, 11) is -4.04. The quantitative estimate of drug-likeness (QED) is 0.312. The average Bonchev–Trinajstić information content (AvgIpc) is 3.47. The van der Waals surface area contributed by atoms with Crippen LogP contribution in [0.1, 0.15) is 24.1 Å². The van der Waals surface area contributed by atoms with Crippen molar-refractivity contribution in [2.75, 3.05) is 6.54 Å². The number of alkyl halides is 3. The van der Waals surface area contributed by atoms with E-state index >= 15 is 0 Å². The number of nitrogens with zero attached hydrogens (tertiary/aromatic N) is 4. The summed E-state index contributed by atoms with van der Waals surface area (Å²) in [5.74, 6) is -0.863. The molecule has 212 valence electrons. The van der Waals surface area contributed by atoms with Crippen LogP contribution in [0.15, 0.2) is 84.0 Å². The Morgan fingerprint density at radius 3 is 2.39 bits per heavy atom. The van der Waals surface area contributed by atoms with E-state index in [-0.39, 0.29) is 23.8 Å². The van der Waals surface area contributed by atoms with Gasteiger partial charge in [-0.25, -0.2) is 22.8 Å². The van der Waals surface area contributed by atoms with Crippen molar-refractivity contribution in [3.05, 3.63) is 96.2 Å². The Hall–Kier alpha value is -4.23. The Bertz CT molecular complexity index is 1650. The van der Waals surface area contributed by atoms with Crippen LogP contribution in [0, 0.1) is 5.82 Å². The summed E-state index contributed by atoms with van der Waals surface area (Å²) in [5, 5.41) is 2.73. The van der Waals surface area contributed by atoms with Crippen LogP contribution in [0.3, 0.4) is 0 Å². The maximum absolute atomic E-state index is 13.3. The highest BCUT2D eigenvalue weighted by Gasteiger charge is 2.39. The lowest BCUT2D eigenvalue weighted by Gasteiger charge is -2.23. The van der Waals surface area contributed by atoms with Crippen LogP contribution in [0.25, 0.3) is 22.6 Å². The SMILES string of the molecule is O=C(NCc1cc(-c2ccc(C(F)(F)F)cc2)nc(-c2cccnc2)n1)C1CCCN1S(=O)(=O)c1ccc(F)cc1. The van der Waals surface area contributed by atoms with Crippen molar-refractivity contribution in [2.45, 2.75) is 36.5 Å². The van der Waals surface area contributed by atoms with E-state index in [0.717, 1.165) is 40.7 Å². The zero-order chi connectivity index (χ0) is 29.2. The molecule has 1 aliphatic rings. The van der Waals surface area contributed by atoms with Gasteiger partial charge in [-0.15, -0.1) is 0 Å². The highest BCUT2D eigenvalue weighted by molar-refractivity contribution is 7.89. The van der Waals surface area contributed by atoms with Gasteiger partial charge in [-0.1, -0.05) is 12.1 Å². The number of sulfonamides is 1. The Morgan fingerprint density at radius 2 is 1.73 bits per heavy atom. The van der Waals surface area contributed by atoms with Crippen LogP contribution in [0.4, 0.5) is 17.6 Å². The maximum atomic E-state index is 13.3. The lowest BCUT2D eigenvalue weighted by molar-refractivity contribution is -0.137. The van der Waals surface area contributed by atoms with Crippen molar-refractivity contribution in [1.82, 2.24) is 24.6 Å². The summed E-state index contributed by atoms with van der Waals surface area (Å²) in [4.78, 5) is 26.1. The van der Waals surface area contributed by atoms with Gasteiger partial charge >= 0.3 is 6.18 Å². The Morgan fingerprint density at radius 1 is 1.00 bits per heavy atom. The van der Waals surface area contributed by atoms with Crippen molar-refractivity contribution in [2.24, 2.45) is 0 Å². The molecule has 0 radical (unpaired) electrons. The van der Waals surface area contributed by atoms with Gasteiger partial charge in [0.1, 0.15) is 11.9 Å². The first-order valence-electron chi connectivity index (χ1n) is 12.5. The van der Waals surface area contributed by atoms with Crippen LogP contribution < -0.4 is 5.32 Å². The van der Waals surface area contributed by atoms with Gasteiger partial charge in [-0.3, -0.25) is 9.78 Å². The molecule has 1 unspecified atom stereocenters. The molecule has 1 aliphatic heterocycles. The summed E-state index contributed by atoms with van der Waals surface area (Å²) in [6, 6.07) is 12.9. The summed E-state index contributed by atoms with van der Waals surface area (Å²) in [5.41, 5.74) is 0.852. The predicted octanol–water partition coefficient (Wildman–Crippen LogP) is 4.83. The fraction of sp³-hybridized carbons (Fsp3) is 0.214. The minimum atomic E-state index is -4.49. The third kappa shape index (κ3) is 6.25. The van der Waals surface area contributed by atoms with Gasteiger partial charge in [0, 0.05) is 30.1 Å². The van der Waals surface area contributed by atoms with E-state index in [1.165, 1.54) is 18.3 Å². The van der Waals surface area contributed by atoms with Gasteiger partial charge in [0.15, 0.2) is 5.82 Å². The van der Waals surface area contributed by atoms with Gasteiger partial charge in [0.05, 0.1) is 28.4 Å². The van der Waals surface area contributed by atoms with Crippen LogP contribution >= 0.6 is 0 Å². The van der Waals surface area contributed by atoms with Crippen LogP contribution in [-0.2, 0) is 27.5 Å². The number of amides is 1. The molecule has 1 N–H and O–H groups in total. The molecule has 1 atom stereocenters. The Balaban J connectivity index is 1.39. The van der Waals surface area contributed by atoms with E-state index in [1.807, 2.05) is 0 Å². The second kappa shape index (κ2) is 11.3. The third-order valence-electron chi connectivity index (χ3n) is 6.58. The second-order valence-corrected chi connectivity index (χ2v) is 11.2. The molecule has 0 bridgehead atoms. The number of aromatic nitrogens is 3. The molecule has 2 aromatic carbocycles. The molecule has 0 saturated carbocycles. The third-order valence-corrected chi connectivity index (χ3v) is 8.50. The van der Waals surface area contributed by atoms with Crippen molar-refractivity contribution >= 4 is 15.9 Å². The minimum Gasteiger partial charge on any atom is -0.349 e. The van der Waals surface area contributed by atoms with Crippen LogP contribution in [0.5, 0.6) is 0 Å². The van der Waals surface area contributed by atoms with Crippen LogP contribution in [-0.4, -0.2) is 46.2 Å². The standard InChI is InChI=1S/C28H23F4N5O3S/c29-21-9-11-23(12-10-21)41(39,40)37-14-2-4-25(37)27(38)34-17-22-15-24(18-5-7-20(8-6-18)28(30,31)32)36-26(35-22)19-3-1-13-33-16-19/h1,3,5-13,15-16,25H,2,4,14,17H2,(H,34,38). The lowest BCUT2D eigenvalue weighted by atomic mass is 10.1. The number of hydrogen-bond acceptors (Lipinski definition) is 6. The molecule has 13 heteroatoms. The molecule has 0 spiro atoms. The maximum Gasteiger partial charge on any atom is 0.416 e. The summed E-state index contributed by atoms with van der Waals surface area (Å²) in [6.45, 7) is 0.0394. The van der Waals surface area contributed by atoms with E-state index < -0.39 is 39.5 Å². The molecule has 1 amide bonds. The number of carbonyl (C=O) groups is 1. The number of halogens is 4. The average molecular weight is 586 g/mol. The topological polar surface area (TPSA) is 105 Å². The molecule has 41 heavy (non-hydrogen) atoms. The number of benzene rings is 2. The fourth-order valence-electron chi connectivity index (χ4n) is 4.52. The molecular formula is C28H23F4N5O3S. The number of hydrogen-bond donors (Lipinski definition) is 1. The normalized spacial score (nSPS) is 16.0. The predicted molar refractivity (Wildman–Crippen MR) is 141 cm³/mol. The van der Waals surface area contributed by atoms with Gasteiger partial charge in [-0.2, -0.15) is 17.5 Å². The highest BCUT2D eigenvalue weighted by Crippen LogP contribution is 2.31. The first kappa shape index (κ1) is 28.3. The minimum absolute atomic E-state index is 0.0941. The second-order valence-electron chi connectivity index (χ2n) is 9.33. The van der Waals surface area contributed by atoms with Gasteiger partial charge in [0.2, 0.25) is 15.9 Å². The molecule has 1 fully saturated rings.